The number of halogens is 2. The Bertz CT molecular complexity index is 511. The lowest BCUT2D eigenvalue weighted by atomic mass is 10.1. The number of carbonyl (C=O) groups excluding carboxylic acids is 1. The Kier molecular flexibility index (Phi) is 13.2. The van der Waals surface area contributed by atoms with E-state index < -0.39 is 0 Å². The van der Waals surface area contributed by atoms with Crippen LogP contribution in [0.4, 0.5) is 0 Å². The topological polar surface area (TPSA) is 56.7 Å². The van der Waals surface area contributed by atoms with Crippen molar-refractivity contribution in [1.29, 1.82) is 0 Å². The third-order valence-electron chi connectivity index (χ3n) is 3.09. The van der Waals surface area contributed by atoms with Gasteiger partial charge in [0, 0.05) is 38.0 Å². The zero-order valence-electron chi connectivity index (χ0n) is 14.3. The van der Waals surface area contributed by atoms with Gasteiger partial charge in [0.1, 0.15) is 6.54 Å². The third kappa shape index (κ3) is 10.2. The molecule has 0 radical (unpaired) electrons. The van der Waals surface area contributed by atoms with Gasteiger partial charge in [0.15, 0.2) is 5.96 Å². The van der Waals surface area contributed by atoms with Gasteiger partial charge in [-0.05, 0) is 30.4 Å². The summed E-state index contributed by atoms with van der Waals surface area (Å²) in [6, 6.07) is 7.80. The molecule has 1 aromatic rings. The van der Waals surface area contributed by atoms with Crippen molar-refractivity contribution in [3.63, 3.8) is 0 Å². The number of benzene rings is 1. The highest BCUT2D eigenvalue weighted by Crippen LogP contribution is 2.09. The van der Waals surface area contributed by atoms with Crippen molar-refractivity contribution in [2.45, 2.75) is 6.42 Å². The summed E-state index contributed by atoms with van der Waals surface area (Å²) in [7, 11) is 3.46. The van der Waals surface area contributed by atoms with Crippen LogP contribution in [0.25, 0.3) is 0 Å². The van der Waals surface area contributed by atoms with Crippen LogP contribution in [0.15, 0.2) is 29.3 Å². The summed E-state index contributed by atoms with van der Waals surface area (Å²) in [4.78, 5) is 17.5. The van der Waals surface area contributed by atoms with Crippen LogP contribution in [0.2, 0.25) is 5.02 Å². The zero-order valence-corrected chi connectivity index (χ0v) is 18.2. The molecule has 1 rings (SSSR count). The predicted octanol–water partition coefficient (Wildman–Crippen LogP) is 2.49. The second kappa shape index (κ2) is 13.6. The molecule has 0 aromatic heterocycles. The molecular formula is C16H26ClIN4OS. The molecule has 0 aliphatic carbocycles. The van der Waals surface area contributed by atoms with Gasteiger partial charge in [-0.1, -0.05) is 23.7 Å². The molecule has 136 valence electrons. The maximum Gasteiger partial charge on any atom is 0.243 e. The largest absolute Gasteiger partial charge is 0.356 e. The maximum absolute atomic E-state index is 11.7. The van der Waals surface area contributed by atoms with Crippen molar-refractivity contribution in [1.82, 2.24) is 15.5 Å². The van der Waals surface area contributed by atoms with E-state index >= 15 is 0 Å². The van der Waals surface area contributed by atoms with Crippen molar-refractivity contribution in [3.05, 3.63) is 34.9 Å². The predicted molar refractivity (Wildman–Crippen MR) is 116 cm³/mol. The van der Waals surface area contributed by atoms with E-state index in [0.29, 0.717) is 5.96 Å². The molecule has 0 fully saturated rings. The Morgan fingerprint density at radius 1 is 1.21 bits per heavy atom. The lowest BCUT2D eigenvalue weighted by Crippen LogP contribution is -2.40. The molecule has 0 bridgehead atoms. The first-order valence-electron chi connectivity index (χ1n) is 7.48. The van der Waals surface area contributed by atoms with E-state index in [-0.39, 0.29) is 36.4 Å². The van der Waals surface area contributed by atoms with Crippen LogP contribution in [0.5, 0.6) is 0 Å². The van der Waals surface area contributed by atoms with Gasteiger partial charge < -0.3 is 15.5 Å². The Labute approximate surface area is 171 Å². The van der Waals surface area contributed by atoms with E-state index in [2.05, 4.69) is 21.9 Å². The molecule has 2 N–H and O–H groups in total. The summed E-state index contributed by atoms with van der Waals surface area (Å²) in [5.41, 5.74) is 1.20. The number of amides is 1. The lowest BCUT2D eigenvalue weighted by Gasteiger charge is -2.13. The second-order valence-electron chi connectivity index (χ2n) is 5.18. The standard InChI is InChI=1S/C16H25ClN4OS.HI/c1-21(2)15(22)12-20-16(19-10-11-23-3)18-9-8-13-4-6-14(17)7-5-13;/h4-7H,8-12H2,1-3H3,(H2,18,19,20);1H. The molecule has 0 aliphatic heterocycles. The molecule has 1 amide bonds. The Hall–Kier alpha value is -0.670. The number of carbonyl (C=O) groups is 1. The monoisotopic (exact) mass is 484 g/mol. The fourth-order valence-electron chi connectivity index (χ4n) is 1.71. The number of nitrogens with one attached hydrogen (secondary N) is 2. The van der Waals surface area contributed by atoms with E-state index in [1.807, 2.05) is 24.3 Å². The highest BCUT2D eigenvalue weighted by molar-refractivity contribution is 14.0. The molecule has 0 atom stereocenters. The van der Waals surface area contributed by atoms with Crippen molar-refractivity contribution >= 4 is 59.2 Å². The number of hydrogen-bond acceptors (Lipinski definition) is 3. The molecule has 0 aliphatic rings. The molecule has 1 aromatic carbocycles. The van der Waals surface area contributed by atoms with E-state index in [1.165, 1.54) is 10.5 Å². The summed E-state index contributed by atoms with van der Waals surface area (Å²) < 4.78 is 0. The SMILES string of the molecule is CSCCNC(=NCC(=O)N(C)C)NCCc1ccc(Cl)cc1.I. The number of thioether (sulfide) groups is 1. The molecule has 8 heteroatoms. The van der Waals surface area contributed by atoms with Gasteiger partial charge >= 0.3 is 0 Å². The number of aliphatic imine (C=N–C) groups is 1. The summed E-state index contributed by atoms with van der Waals surface area (Å²) >= 11 is 7.64. The first kappa shape index (κ1) is 23.3. The van der Waals surface area contributed by atoms with Crippen LogP contribution in [0, 0.1) is 0 Å². The lowest BCUT2D eigenvalue weighted by molar-refractivity contribution is -0.127. The van der Waals surface area contributed by atoms with Gasteiger partial charge in [-0.15, -0.1) is 24.0 Å². The molecule has 24 heavy (non-hydrogen) atoms. The highest BCUT2D eigenvalue weighted by Gasteiger charge is 2.04. The number of hydrogen-bond donors (Lipinski definition) is 2. The fourth-order valence-corrected chi connectivity index (χ4v) is 2.14. The van der Waals surface area contributed by atoms with E-state index in [1.54, 1.807) is 25.9 Å². The van der Waals surface area contributed by atoms with Crippen LogP contribution in [-0.2, 0) is 11.2 Å². The van der Waals surface area contributed by atoms with Crippen LogP contribution in [-0.4, -0.2) is 62.5 Å². The smallest absolute Gasteiger partial charge is 0.243 e. The fraction of sp³-hybridized carbons (Fsp3) is 0.500. The average Bonchev–Trinajstić information content (AvgIpc) is 2.53. The molecular weight excluding hydrogens is 459 g/mol. The normalized spacial score (nSPS) is 10.8. The van der Waals surface area contributed by atoms with Gasteiger partial charge in [0.2, 0.25) is 5.91 Å². The number of nitrogens with zero attached hydrogens (tertiary/aromatic N) is 2. The van der Waals surface area contributed by atoms with Crippen molar-refractivity contribution in [2.24, 2.45) is 4.99 Å². The summed E-state index contributed by atoms with van der Waals surface area (Å²) in [6.45, 7) is 1.69. The first-order chi connectivity index (χ1) is 11.0. The quantitative estimate of drug-likeness (QED) is 0.258. The molecule has 0 saturated carbocycles. The van der Waals surface area contributed by atoms with Crippen molar-refractivity contribution in [3.8, 4) is 0 Å². The number of guanidine groups is 1. The van der Waals surface area contributed by atoms with Crippen LogP contribution in [0.1, 0.15) is 5.56 Å². The molecule has 5 nitrogen and oxygen atoms in total. The highest BCUT2D eigenvalue weighted by atomic mass is 127. The van der Waals surface area contributed by atoms with Crippen molar-refractivity contribution in [2.75, 3.05) is 45.7 Å². The second-order valence-corrected chi connectivity index (χ2v) is 6.60. The Morgan fingerprint density at radius 2 is 1.83 bits per heavy atom. The molecule has 0 saturated heterocycles. The van der Waals surface area contributed by atoms with Gasteiger partial charge in [-0.25, -0.2) is 4.99 Å². The summed E-state index contributed by atoms with van der Waals surface area (Å²) in [6.07, 6.45) is 2.92. The molecule has 0 spiro atoms. The van der Waals surface area contributed by atoms with E-state index in [0.717, 1.165) is 30.3 Å². The zero-order chi connectivity index (χ0) is 17.1. The maximum atomic E-state index is 11.7. The minimum Gasteiger partial charge on any atom is -0.356 e. The van der Waals surface area contributed by atoms with Crippen molar-refractivity contribution < 1.29 is 4.79 Å². The Balaban J connectivity index is 0.00000529. The molecule has 0 unspecified atom stereocenters. The summed E-state index contributed by atoms with van der Waals surface area (Å²) in [5, 5.41) is 7.24. The Morgan fingerprint density at radius 3 is 2.42 bits per heavy atom. The molecule has 0 heterocycles. The number of likely N-dealkylation sites (N-methyl/N-ethyl adjacent to an activating group) is 1. The minimum absolute atomic E-state index is 0. The first-order valence-corrected chi connectivity index (χ1v) is 9.26. The van der Waals surface area contributed by atoms with E-state index in [9.17, 15) is 4.79 Å². The minimum atomic E-state index is -0.0198. The van der Waals surface area contributed by atoms with Gasteiger partial charge in [0.25, 0.3) is 0 Å². The average molecular weight is 485 g/mol. The number of rotatable bonds is 8. The van der Waals surface area contributed by atoms with E-state index in [4.69, 9.17) is 11.6 Å². The van der Waals surface area contributed by atoms with Crippen LogP contribution >= 0.6 is 47.3 Å². The third-order valence-corrected chi connectivity index (χ3v) is 3.95. The van der Waals surface area contributed by atoms with Crippen LogP contribution in [0.3, 0.4) is 0 Å². The van der Waals surface area contributed by atoms with Gasteiger partial charge in [-0.2, -0.15) is 11.8 Å². The van der Waals surface area contributed by atoms with Gasteiger partial charge in [-0.3, -0.25) is 4.79 Å². The summed E-state index contributed by atoms with van der Waals surface area (Å²) in [5.74, 6) is 1.64. The van der Waals surface area contributed by atoms with Crippen LogP contribution < -0.4 is 10.6 Å². The van der Waals surface area contributed by atoms with Gasteiger partial charge in [0.05, 0.1) is 0 Å².